The lowest BCUT2D eigenvalue weighted by atomic mass is 9.95. The van der Waals surface area contributed by atoms with Crippen molar-refractivity contribution < 1.29 is 22.4 Å². The van der Waals surface area contributed by atoms with E-state index < -0.39 is 26.7 Å². The maximum atomic E-state index is 12.3. The van der Waals surface area contributed by atoms with E-state index in [1.165, 1.54) is 0 Å². The standard InChI is InChI=1S/C17H21N3O5S/c21-15(18-13-7-3-1-4-8-13)12-26(22,23)17-20-19-16(25-17)11-24-14-9-5-2-6-10-14/h2,5-6,9-10,13H,1,3-4,7-8,11-12H2,(H,18,21). The number of carbonyl (C=O) groups is 1. The smallest absolute Gasteiger partial charge is 0.336 e. The minimum Gasteiger partial charge on any atom is -0.484 e. The third kappa shape index (κ3) is 5.04. The molecule has 1 fully saturated rings. The molecule has 0 aliphatic heterocycles. The molecule has 3 rings (SSSR count). The van der Waals surface area contributed by atoms with Gasteiger partial charge in [0.15, 0.2) is 6.61 Å². The molecule has 0 radical (unpaired) electrons. The van der Waals surface area contributed by atoms with Crippen molar-refractivity contribution in [1.82, 2.24) is 15.5 Å². The lowest BCUT2D eigenvalue weighted by Gasteiger charge is -2.22. The molecule has 8 nitrogen and oxygen atoms in total. The zero-order valence-corrected chi connectivity index (χ0v) is 15.1. The number of benzene rings is 1. The van der Waals surface area contributed by atoms with Crippen LogP contribution < -0.4 is 10.1 Å². The van der Waals surface area contributed by atoms with E-state index in [2.05, 4.69) is 15.5 Å². The van der Waals surface area contributed by atoms with Gasteiger partial charge in [0, 0.05) is 6.04 Å². The second-order valence-electron chi connectivity index (χ2n) is 6.22. The van der Waals surface area contributed by atoms with Crippen molar-refractivity contribution in [3.05, 3.63) is 36.2 Å². The zero-order valence-electron chi connectivity index (χ0n) is 14.3. The van der Waals surface area contributed by atoms with Crippen molar-refractivity contribution in [3.8, 4) is 5.75 Å². The topological polar surface area (TPSA) is 111 Å². The number of nitrogens with zero attached hydrogens (tertiary/aromatic N) is 2. The molecule has 0 bridgehead atoms. The largest absolute Gasteiger partial charge is 0.484 e. The first-order valence-electron chi connectivity index (χ1n) is 8.55. The van der Waals surface area contributed by atoms with E-state index in [1.54, 1.807) is 12.1 Å². The van der Waals surface area contributed by atoms with Crippen LogP contribution in [0.4, 0.5) is 0 Å². The molecule has 0 unspecified atom stereocenters. The lowest BCUT2D eigenvalue weighted by Crippen LogP contribution is -2.39. The number of ether oxygens (including phenoxy) is 1. The van der Waals surface area contributed by atoms with Crippen LogP contribution in [-0.2, 0) is 21.2 Å². The van der Waals surface area contributed by atoms with E-state index in [9.17, 15) is 13.2 Å². The fourth-order valence-corrected chi connectivity index (χ4v) is 3.77. The molecule has 1 N–H and O–H groups in total. The van der Waals surface area contributed by atoms with Crippen LogP contribution in [0.15, 0.2) is 40.0 Å². The van der Waals surface area contributed by atoms with Crippen LogP contribution in [-0.4, -0.2) is 36.3 Å². The lowest BCUT2D eigenvalue weighted by molar-refractivity contribution is -0.119. The van der Waals surface area contributed by atoms with Crippen LogP contribution in [0, 0.1) is 0 Å². The summed E-state index contributed by atoms with van der Waals surface area (Å²) in [4.78, 5) is 12.0. The summed E-state index contributed by atoms with van der Waals surface area (Å²) in [5, 5.41) is 9.40. The summed E-state index contributed by atoms with van der Waals surface area (Å²) in [5.74, 6) is -0.621. The van der Waals surface area contributed by atoms with Gasteiger partial charge in [0.2, 0.25) is 15.7 Å². The Labute approximate surface area is 151 Å². The first kappa shape index (κ1) is 18.4. The number of nitrogens with one attached hydrogen (secondary N) is 1. The number of hydrogen-bond donors (Lipinski definition) is 1. The van der Waals surface area contributed by atoms with Gasteiger partial charge in [-0.2, -0.15) is 0 Å². The SMILES string of the molecule is O=C(CS(=O)(=O)c1nnc(COc2ccccc2)o1)NC1CCCCC1. The zero-order chi connectivity index (χ0) is 18.4. The van der Waals surface area contributed by atoms with E-state index in [-0.39, 0.29) is 18.5 Å². The van der Waals surface area contributed by atoms with E-state index >= 15 is 0 Å². The monoisotopic (exact) mass is 379 g/mol. The summed E-state index contributed by atoms with van der Waals surface area (Å²) in [5.41, 5.74) is 0. The normalized spacial score (nSPS) is 15.5. The Hall–Kier alpha value is -2.42. The molecule has 26 heavy (non-hydrogen) atoms. The number of carbonyl (C=O) groups excluding carboxylic acids is 1. The maximum absolute atomic E-state index is 12.3. The molecule has 140 valence electrons. The molecular formula is C17H21N3O5S. The Morgan fingerprint density at radius 1 is 1.15 bits per heavy atom. The minimum absolute atomic E-state index is 0.0279. The summed E-state index contributed by atoms with van der Waals surface area (Å²) in [6, 6.07) is 9.02. The van der Waals surface area contributed by atoms with Gasteiger partial charge in [0.05, 0.1) is 0 Å². The second-order valence-corrected chi connectivity index (χ2v) is 8.09. The predicted molar refractivity (Wildman–Crippen MR) is 92.1 cm³/mol. The van der Waals surface area contributed by atoms with Crippen LogP contribution in [0.3, 0.4) is 0 Å². The molecule has 1 heterocycles. The van der Waals surface area contributed by atoms with Gasteiger partial charge in [0.25, 0.3) is 5.89 Å². The molecule has 1 aliphatic rings. The Kier molecular flexibility index (Phi) is 5.87. The summed E-state index contributed by atoms with van der Waals surface area (Å²) in [7, 11) is -3.98. The van der Waals surface area contributed by atoms with Gasteiger partial charge >= 0.3 is 5.22 Å². The minimum atomic E-state index is -3.98. The van der Waals surface area contributed by atoms with E-state index in [0.717, 1.165) is 32.1 Å². The summed E-state index contributed by atoms with van der Waals surface area (Å²) < 4.78 is 35.1. The Morgan fingerprint density at radius 3 is 2.62 bits per heavy atom. The van der Waals surface area contributed by atoms with Crippen LogP contribution in [0.25, 0.3) is 0 Å². The molecule has 1 amide bonds. The molecular weight excluding hydrogens is 358 g/mol. The van der Waals surface area contributed by atoms with Crippen molar-refractivity contribution in [2.75, 3.05) is 5.75 Å². The highest BCUT2D eigenvalue weighted by atomic mass is 32.2. The number of aromatic nitrogens is 2. The number of sulfone groups is 1. The number of rotatable bonds is 7. The van der Waals surface area contributed by atoms with Gasteiger partial charge in [-0.05, 0) is 25.0 Å². The van der Waals surface area contributed by atoms with Gasteiger partial charge in [0.1, 0.15) is 11.5 Å². The highest BCUT2D eigenvalue weighted by Crippen LogP contribution is 2.18. The van der Waals surface area contributed by atoms with E-state index in [0.29, 0.717) is 5.75 Å². The highest BCUT2D eigenvalue weighted by molar-refractivity contribution is 7.91. The van der Waals surface area contributed by atoms with Crippen LogP contribution >= 0.6 is 0 Å². The molecule has 0 atom stereocenters. The third-order valence-electron chi connectivity index (χ3n) is 4.11. The quantitative estimate of drug-likeness (QED) is 0.781. The third-order valence-corrected chi connectivity index (χ3v) is 5.45. The van der Waals surface area contributed by atoms with Crippen molar-refractivity contribution in [3.63, 3.8) is 0 Å². The fraction of sp³-hybridized carbons (Fsp3) is 0.471. The Balaban J connectivity index is 1.55. The molecule has 1 aromatic heterocycles. The molecule has 0 spiro atoms. The first-order valence-corrected chi connectivity index (χ1v) is 10.2. The molecule has 9 heteroatoms. The molecule has 1 aliphatic carbocycles. The Morgan fingerprint density at radius 2 is 1.88 bits per heavy atom. The summed E-state index contributed by atoms with van der Waals surface area (Å²) in [6.45, 7) is -0.0548. The van der Waals surface area contributed by atoms with Crippen molar-refractivity contribution in [2.24, 2.45) is 0 Å². The van der Waals surface area contributed by atoms with Crippen LogP contribution in [0.2, 0.25) is 0 Å². The van der Waals surface area contributed by atoms with E-state index in [1.807, 2.05) is 18.2 Å². The average molecular weight is 379 g/mol. The van der Waals surface area contributed by atoms with Crippen molar-refractivity contribution in [1.29, 1.82) is 0 Å². The van der Waals surface area contributed by atoms with Crippen LogP contribution in [0.1, 0.15) is 38.0 Å². The fourth-order valence-electron chi connectivity index (χ4n) is 2.83. The Bertz CT molecular complexity index is 829. The van der Waals surface area contributed by atoms with E-state index in [4.69, 9.17) is 9.15 Å². The summed E-state index contributed by atoms with van der Waals surface area (Å²) in [6.07, 6.45) is 5.01. The molecule has 1 saturated carbocycles. The molecule has 2 aromatic rings. The van der Waals surface area contributed by atoms with Gasteiger partial charge in [-0.1, -0.05) is 42.6 Å². The maximum Gasteiger partial charge on any atom is 0.336 e. The molecule has 1 aromatic carbocycles. The summed E-state index contributed by atoms with van der Waals surface area (Å²) >= 11 is 0. The second kappa shape index (κ2) is 8.31. The predicted octanol–water partition coefficient (Wildman–Crippen LogP) is 1.87. The van der Waals surface area contributed by atoms with Gasteiger partial charge in [-0.15, -0.1) is 5.10 Å². The van der Waals surface area contributed by atoms with Gasteiger partial charge < -0.3 is 14.5 Å². The number of para-hydroxylation sites is 1. The number of amides is 1. The molecule has 0 saturated heterocycles. The highest BCUT2D eigenvalue weighted by Gasteiger charge is 2.27. The van der Waals surface area contributed by atoms with Crippen molar-refractivity contribution >= 4 is 15.7 Å². The van der Waals surface area contributed by atoms with Crippen molar-refractivity contribution in [2.45, 2.75) is 50.0 Å². The van der Waals surface area contributed by atoms with Gasteiger partial charge in [-0.3, -0.25) is 4.79 Å². The number of hydrogen-bond acceptors (Lipinski definition) is 7. The first-order chi connectivity index (χ1) is 12.5. The average Bonchev–Trinajstić information content (AvgIpc) is 3.11. The van der Waals surface area contributed by atoms with Crippen LogP contribution in [0.5, 0.6) is 5.75 Å². The van der Waals surface area contributed by atoms with Gasteiger partial charge in [-0.25, -0.2) is 8.42 Å².